The fourth-order valence-electron chi connectivity index (χ4n) is 1.76. The van der Waals surface area contributed by atoms with E-state index in [1.165, 1.54) is 0 Å². The molecule has 1 N–H and O–H groups in total. The Bertz CT molecular complexity index is 639. The van der Waals surface area contributed by atoms with Gasteiger partial charge in [-0.15, -0.1) is 0 Å². The van der Waals surface area contributed by atoms with Crippen molar-refractivity contribution < 1.29 is 9.84 Å². The van der Waals surface area contributed by atoms with Crippen molar-refractivity contribution in [1.82, 2.24) is 0 Å². The number of halogens is 1. The molecule has 0 saturated heterocycles. The molecule has 0 radical (unpaired) electrons. The molecule has 3 heteroatoms. The summed E-state index contributed by atoms with van der Waals surface area (Å²) in [6, 6.07) is 13.4. The molecular formula is C16H13ClO2. The van der Waals surface area contributed by atoms with Gasteiger partial charge in [0.2, 0.25) is 0 Å². The first-order chi connectivity index (χ1) is 9.24. The summed E-state index contributed by atoms with van der Waals surface area (Å²) < 4.78 is 5.13. The van der Waals surface area contributed by atoms with Crippen LogP contribution >= 0.6 is 11.6 Å². The molecule has 0 aliphatic rings. The van der Waals surface area contributed by atoms with Crippen molar-refractivity contribution in [3.63, 3.8) is 0 Å². The van der Waals surface area contributed by atoms with Crippen LogP contribution in [0.2, 0.25) is 5.02 Å². The summed E-state index contributed by atoms with van der Waals surface area (Å²) in [4.78, 5) is 0. The molecule has 0 aliphatic carbocycles. The Hall–Kier alpha value is -1.95. The number of aliphatic hydroxyl groups excluding tert-OH is 1. The molecule has 0 aromatic heterocycles. The molecule has 0 spiro atoms. The maximum atomic E-state index is 8.70. The van der Waals surface area contributed by atoms with Crippen molar-refractivity contribution in [1.29, 1.82) is 0 Å². The third kappa shape index (κ3) is 3.29. The van der Waals surface area contributed by atoms with Crippen molar-refractivity contribution in [2.75, 3.05) is 13.7 Å². The lowest BCUT2D eigenvalue weighted by molar-refractivity contribution is 0.350. The molecule has 2 aromatic carbocycles. The van der Waals surface area contributed by atoms with Crippen LogP contribution in [-0.2, 0) is 0 Å². The van der Waals surface area contributed by atoms with E-state index in [0.717, 1.165) is 16.7 Å². The lowest BCUT2D eigenvalue weighted by atomic mass is 10.0. The summed E-state index contributed by atoms with van der Waals surface area (Å²) in [7, 11) is 1.59. The van der Waals surface area contributed by atoms with Gasteiger partial charge in [-0.05, 0) is 35.4 Å². The van der Waals surface area contributed by atoms with Gasteiger partial charge in [-0.25, -0.2) is 0 Å². The molecule has 0 fully saturated rings. The lowest BCUT2D eigenvalue weighted by Crippen LogP contribution is -1.85. The Balaban J connectivity index is 2.39. The average Bonchev–Trinajstić information content (AvgIpc) is 2.45. The quantitative estimate of drug-likeness (QED) is 0.850. The van der Waals surface area contributed by atoms with Crippen molar-refractivity contribution in [3.8, 4) is 28.7 Å². The van der Waals surface area contributed by atoms with E-state index < -0.39 is 0 Å². The van der Waals surface area contributed by atoms with Crippen LogP contribution in [0.25, 0.3) is 11.1 Å². The van der Waals surface area contributed by atoms with Crippen LogP contribution in [0.3, 0.4) is 0 Å². The first-order valence-electron chi connectivity index (χ1n) is 5.78. The molecular weight excluding hydrogens is 260 g/mol. The van der Waals surface area contributed by atoms with Crippen LogP contribution in [0.4, 0.5) is 0 Å². The molecule has 0 heterocycles. The van der Waals surface area contributed by atoms with Crippen LogP contribution < -0.4 is 4.74 Å². The number of benzene rings is 2. The van der Waals surface area contributed by atoms with Crippen LogP contribution in [0, 0.1) is 11.8 Å². The number of hydrogen-bond donors (Lipinski definition) is 1. The number of rotatable bonds is 2. The van der Waals surface area contributed by atoms with Crippen LogP contribution in [0.5, 0.6) is 5.75 Å². The Kier molecular flexibility index (Phi) is 4.46. The van der Waals surface area contributed by atoms with Crippen molar-refractivity contribution in [2.24, 2.45) is 0 Å². The molecule has 2 rings (SSSR count). The minimum absolute atomic E-state index is 0.140. The van der Waals surface area contributed by atoms with Crippen LogP contribution in [0.1, 0.15) is 5.56 Å². The summed E-state index contributed by atoms with van der Waals surface area (Å²) in [5, 5.41) is 9.28. The van der Waals surface area contributed by atoms with E-state index in [1.807, 2.05) is 42.5 Å². The minimum atomic E-state index is -0.140. The smallest absolute Gasteiger partial charge is 0.137 e. The molecule has 2 nitrogen and oxygen atoms in total. The Morgan fingerprint density at radius 2 is 1.95 bits per heavy atom. The fraction of sp³-hybridized carbons (Fsp3) is 0.125. The van der Waals surface area contributed by atoms with Gasteiger partial charge in [0, 0.05) is 5.56 Å². The monoisotopic (exact) mass is 272 g/mol. The van der Waals surface area contributed by atoms with Gasteiger partial charge in [-0.2, -0.15) is 0 Å². The van der Waals surface area contributed by atoms with Gasteiger partial charge in [-0.3, -0.25) is 0 Å². The van der Waals surface area contributed by atoms with Gasteiger partial charge in [0.05, 0.1) is 12.1 Å². The summed E-state index contributed by atoms with van der Waals surface area (Å²) in [5.74, 6) is 6.17. The second-order valence-electron chi connectivity index (χ2n) is 3.89. The number of ether oxygens (including phenoxy) is 1. The second-order valence-corrected chi connectivity index (χ2v) is 4.30. The highest BCUT2D eigenvalue weighted by Crippen LogP contribution is 2.30. The number of methoxy groups -OCH3 is 1. The highest BCUT2D eigenvalue weighted by atomic mass is 35.5. The standard InChI is InChI=1S/C16H13ClO2/c1-19-16-8-7-14(11-15(16)17)13-6-2-4-12(10-13)5-3-9-18/h2,4,6-8,10-11,18H,9H2,1H3. The summed E-state index contributed by atoms with van der Waals surface area (Å²) in [6.07, 6.45) is 0. The van der Waals surface area contributed by atoms with E-state index in [1.54, 1.807) is 7.11 Å². The topological polar surface area (TPSA) is 29.5 Å². The Morgan fingerprint density at radius 3 is 2.63 bits per heavy atom. The zero-order chi connectivity index (χ0) is 13.7. The third-order valence-corrected chi connectivity index (χ3v) is 2.95. The van der Waals surface area contributed by atoms with E-state index in [9.17, 15) is 0 Å². The minimum Gasteiger partial charge on any atom is -0.495 e. The molecule has 0 unspecified atom stereocenters. The SMILES string of the molecule is COc1ccc(-c2cccc(C#CCO)c2)cc1Cl. The van der Waals surface area contributed by atoms with Crippen LogP contribution in [0.15, 0.2) is 42.5 Å². The van der Waals surface area contributed by atoms with Gasteiger partial charge >= 0.3 is 0 Å². The molecule has 96 valence electrons. The molecule has 19 heavy (non-hydrogen) atoms. The summed E-state index contributed by atoms with van der Waals surface area (Å²) in [6.45, 7) is -0.140. The highest BCUT2D eigenvalue weighted by Gasteiger charge is 2.04. The normalized spacial score (nSPS) is 9.63. The molecule has 0 amide bonds. The molecule has 0 aliphatic heterocycles. The fourth-order valence-corrected chi connectivity index (χ4v) is 2.02. The Labute approximate surface area is 117 Å². The molecule has 0 saturated carbocycles. The molecule has 2 aromatic rings. The maximum absolute atomic E-state index is 8.70. The first kappa shape index (κ1) is 13.5. The average molecular weight is 273 g/mol. The van der Waals surface area contributed by atoms with E-state index in [0.29, 0.717) is 10.8 Å². The second kappa shape index (κ2) is 6.29. The van der Waals surface area contributed by atoms with Crippen LogP contribution in [-0.4, -0.2) is 18.8 Å². The largest absolute Gasteiger partial charge is 0.495 e. The predicted molar refractivity (Wildman–Crippen MR) is 77.4 cm³/mol. The van der Waals surface area contributed by atoms with E-state index >= 15 is 0 Å². The Morgan fingerprint density at radius 1 is 1.16 bits per heavy atom. The first-order valence-corrected chi connectivity index (χ1v) is 6.16. The zero-order valence-electron chi connectivity index (χ0n) is 10.5. The summed E-state index contributed by atoms with van der Waals surface area (Å²) >= 11 is 6.12. The zero-order valence-corrected chi connectivity index (χ0v) is 11.2. The van der Waals surface area contributed by atoms with Gasteiger partial charge in [0.1, 0.15) is 12.4 Å². The number of hydrogen-bond acceptors (Lipinski definition) is 2. The summed E-state index contributed by atoms with van der Waals surface area (Å²) in [5.41, 5.74) is 2.88. The number of aliphatic hydroxyl groups is 1. The van der Waals surface area contributed by atoms with Gasteiger partial charge in [0.15, 0.2) is 0 Å². The lowest BCUT2D eigenvalue weighted by Gasteiger charge is -2.06. The van der Waals surface area contributed by atoms with Crippen molar-refractivity contribution >= 4 is 11.6 Å². The third-order valence-electron chi connectivity index (χ3n) is 2.66. The predicted octanol–water partition coefficient (Wildman–Crippen LogP) is 3.36. The van der Waals surface area contributed by atoms with Crippen molar-refractivity contribution in [2.45, 2.75) is 0 Å². The van der Waals surface area contributed by atoms with Gasteiger partial charge in [0.25, 0.3) is 0 Å². The van der Waals surface area contributed by atoms with E-state index in [-0.39, 0.29) is 6.61 Å². The van der Waals surface area contributed by atoms with Crippen molar-refractivity contribution in [3.05, 3.63) is 53.1 Å². The van der Waals surface area contributed by atoms with E-state index in [4.69, 9.17) is 21.4 Å². The van der Waals surface area contributed by atoms with E-state index in [2.05, 4.69) is 11.8 Å². The highest BCUT2D eigenvalue weighted by molar-refractivity contribution is 6.32. The molecule has 0 bridgehead atoms. The van der Waals surface area contributed by atoms with Gasteiger partial charge < -0.3 is 9.84 Å². The van der Waals surface area contributed by atoms with Gasteiger partial charge in [-0.1, -0.05) is 41.6 Å². The maximum Gasteiger partial charge on any atom is 0.137 e. The molecule has 0 atom stereocenters.